The second-order valence-electron chi connectivity index (χ2n) is 7.65. The number of amides is 1. The average Bonchev–Trinajstić information content (AvgIpc) is 3.48. The molecular formula is C24H27N3O5. The van der Waals surface area contributed by atoms with Crippen LogP contribution in [0.1, 0.15) is 31.7 Å². The van der Waals surface area contributed by atoms with Crippen LogP contribution in [0.3, 0.4) is 0 Å². The molecule has 1 amide bonds. The molecule has 1 unspecified atom stereocenters. The first-order valence-electron chi connectivity index (χ1n) is 10.8. The fourth-order valence-electron chi connectivity index (χ4n) is 3.45. The second-order valence-corrected chi connectivity index (χ2v) is 7.65. The van der Waals surface area contributed by atoms with Crippen LogP contribution in [-0.2, 0) is 22.6 Å². The zero-order valence-corrected chi connectivity index (χ0v) is 18.3. The van der Waals surface area contributed by atoms with Gasteiger partial charge in [-0.1, -0.05) is 42.4 Å². The highest BCUT2D eigenvalue weighted by atomic mass is 16.7. The van der Waals surface area contributed by atoms with Crippen molar-refractivity contribution in [3.8, 4) is 22.9 Å². The Hall–Kier alpha value is -3.39. The van der Waals surface area contributed by atoms with Crippen LogP contribution >= 0.6 is 0 Å². The van der Waals surface area contributed by atoms with Crippen molar-refractivity contribution in [2.45, 2.75) is 39.3 Å². The van der Waals surface area contributed by atoms with Gasteiger partial charge in [0.1, 0.15) is 6.61 Å². The van der Waals surface area contributed by atoms with Crippen LogP contribution in [0.2, 0.25) is 0 Å². The smallest absolute Gasteiger partial charge is 0.248 e. The number of ether oxygens (including phenoxy) is 3. The summed E-state index contributed by atoms with van der Waals surface area (Å²) in [6.07, 6.45) is 1.31. The molecule has 2 aromatic carbocycles. The topological polar surface area (TPSA) is 86.9 Å². The fourth-order valence-corrected chi connectivity index (χ4v) is 3.45. The van der Waals surface area contributed by atoms with Gasteiger partial charge in [0.2, 0.25) is 24.4 Å². The quantitative estimate of drug-likeness (QED) is 0.476. The summed E-state index contributed by atoms with van der Waals surface area (Å²) >= 11 is 0. The monoisotopic (exact) mass is 437 g/mol. The van der Waals surface area contributed by atoms with Crippen molar-refractivity contribution in [2.24, 2.45) is 0 Å². The average molecular weight is 437 g/mol. The van der Waals surface area contributed by atoms with Crippen LogP contribution in [0.15, 0.2) is 53.1 Å². The van der Waals surface area contributed by atoms with Gasteiger partial charge in [0.25, 0.3) is 0 Å². The maximum Gasteiger partial charge on any atom is 0.248 e. The number of hydrogen-bond donors (Lipinski definition) is 0. The van der Waals surface area contributed by atoms with E-state index < -0.39 is 0 Å². The molecule has 8 nitrogen and oxygen atoms in total. The zero-order chi connectivity index (χ0) is 22.3. The minimum Gasteiger partial charge on any atom is -0.454 e. The number of nitrogens with zero attached hydrogens (tertiary/aromatic N) is 3. The number of carbonyl (C=O) groups excluding carboxylic acids is 1. The molecule has 1 aliphatic heterocycles. The van der Waals surface area contributed by atoms with E-state index in [1.807, 2.05) is 60.4 Å². The highest BCUT2D eigenvalue weighted by Gasteiger charge is 2.21. The molecule has 0 bridgehead atoms. The van der Waals surface area contributed by atoms with Crippen LogP contribution in [0.25, 0.3) is 11.4 Å². The van der Waals surface area contributed by atoms with Crippen molar-refractivity contribution >= 4 is 5.91 Å². The predicted molar refractivity (Wildman–Crippen MR) is 117 cm³/mol. The van der Waals surface area contributed by atoms with Crippen LogP contribution < -0.4 is 9.47 Å². The molecule has 0 spiro atoms. The Labute approximate surface area is 187 Å². The van der Waals surface area contributed by atoms with E-state index in [0.29, 0.717) is 42.8 Å². The van der Waals surface area contributed by atoms with Crippen molar-refractivity contribution in [3.63, 3.8) is 0 Å². The van der Waals surface area contributed by atoms with Crippen molar-refractivity contribution in [3.05, 3.63) is 60.0 Å². The van der Waals surface area contributed by atoms with E-state index in [0.717, 1.165) is 17.5 Å². The fraction of sp³-hybridized carbons (Fsp3) is 0.375. The van der Waals surface area contributed by atoms with Gasteiger partial charge in [0.15, 0.2) is 11.5 Å². The summed E-state index contributed by atoms with van der Waals surface area (Å²) in [6.45, 7) is 5.21. The number of carbonyl (C=O) groups is 1. The first kappa shape index (κ1) is 21.8. The molecule has 0 N–H and O–H groups in total. The third-order valence-corrected chi connectivity index (χ3v) is 5.45. The lowest BCUT2D eigenvalue weighted by molar-refractivity contribution is -0.138. The highest BCUT2D eigenvalue weighted by Crippen LogP contribution is 2.35. The molecule has 0 saturated carbocycles. The molecule has 0 aliphatic carbocycles. The molecule has 168 valence electrons. The Balaban J connectivity index is 1.34. The van der Waals surface area contributed by atoms with Crippen LogP contribution in [-0.4, -0.2) is 46.9 Å². The minimum atomic E-state index is -0.0502. The first-order valence-corrected chi connectivity index (χ1v) is 10.8. The maximum atomic E-state index is 12.8. The summed E-state index contributed by atoms with van der Waals surface area (Å²) in [4.78, 5) is 19.1. The molecular weight excluding hydrogens is 410 g/mol. The van der Waals surface area contributed by atoms with Crippen LogP contribution in [0.5, 0.6) is 11.5 Å². The van der Waals surface area contributed by atoms with E-state index in [1.54, 1.807) is 0 Å². The molecule has 32 heavy (non-hydrogen) atoms. The van der Waals surface area contributed by atoms with Gasteiger partial charge in [-0.2, -0.15) is 4.98 Å². The third-order valence-electron chi connectivity index (χ3n) is 5.45. The van der Waals surface area contributed by atoms with Crippen LogP contribution in [0, 0.1) is 0 Å². The zero-order valence-electron chi connectivity index (χ0n) is 18.3. The van der Waals surface area contributed by atoms with Gasteiger partial charge in [0.05, 0.1) is 6.61 Å². The van der Waals surface area contributed by atoms with Gasteiger partial charge >= 0.3 is 0 Å². The number of rotatable bonds is 10. The summed E-state index contributed by atoms with van der Waals surface area (Å²) < 4.78 is 21.8. The largest absolute Gasteiger partial charge is 0.454 e. The first-order chi connectivity index (χ1) is 15.6. The van der Waals surface area contributed by atoms with Gasteiger partial charge in [-0.15, -0.1) is 0 Å². The van der Waals surface area contributed by atoms with Gasteiger partial charge < -0.3 is 23.6 Å². The molecule has 0 fully saturated rings. The summed E-state index contributed by atoms with van der Waals surface area (Å²) in [6, 6.07) is 15.4. The van der Waals surface area contributed by atoms with Gasteiger partial charge in [0, 0.05) is 24.6 Å². The lowest BCUT2D eigenvalue weighted by Gasteiger charge is -2.28. The summed E-state index contributed by atoms with van der Waals surface area (Å²) in [7, 11) is 0. The lowest BCUT2D eigenvalue weighted by atomic mass is 10.2. The Kier molecular flexibility index (Phi) is 7.01. The second kappa shape index (κ2) is 10.3. The Morgan fingerprint density at radius 2 is 1.97 bits per heavy atom. The molecule has 3 aromatic rings. The van der Waals surface area contributed by atoms with Crippen molar-refractivity contribution in [1.82, 2.24) is 15.0 Å². The molecule has 1 aliphatic rings. The SMILES string of the molecule is CCC(C)N(CCc1nc(-c2ccc3c(c2)OCO3)no1)C(=O)COCc1ccccc1. The van der Waals surface area contributed by atoms with Crippen molar-refractivity contribution in [2.75, 3.05) is 19.9 Å². The highest BCUT2D eigenvalue weighted by molar-refractivity contribution is 5.77. The Morgan fingerprint density at radius 3 is 2.78 bits per heavy atom. The Bertz CT molecular complexity index is 1040. The van der Waals surface area contributed by atoms with Gasteiger partial charge in [-0.05, 0) is 37.1 Å². The standard InChI is InChI=1S/C24H27N3O5/c1-3-17(2)27(23(28)15-29-14-18-7-5-4-6-8-18)12-11-22-25-24(26-32-22)19-9-10-20-21(13-19)31-16-30-20/h4-10,13,17H,3,11-12,14-16H2,1-2H3. The predicted octanol–water partition coefficient (Wildman–Crippen LogP) is 3.85. The van der Waals surface area contributed by atoms with E-state index in [2.05, 4.69) is 17.1 Å². The molecule has 0 saturated heterocycles. The van der Waals surface area contributed by atoms with Crippen molar-refractivity contribution in [1.29, 1.82) is 0 Å². The Morgan fingerprint density at radius 1 is 1.16 bits per heavy atom. The van der Waals surface area contributed by atoms with Gasteiger partial charge in [-0.25, -0.2) is 0 Å². The molecule has 1 atom stereocenters. The molecule has 4 rings (SSSR count). The normalized spacial score (nSPS) is 13.2. The number of fused-ring (bicyclic) bond motifs is 1. The number of aromatic nitrogens is 2. The molecule has 1 aromatic heterocycles. The van der Waals surface area contributed by atoms with Crippen molar-refractivity contribution < 1.29 is 23.5 Å². The van der Waals surface area contributed by atoms with Gasteiger partial charge in [-0.3, -0.25) is 4.79 Å². The lowest BCUT2D eigenvalue weighted by Crippen LogP contribution is -2.41. The third kappa shape index (κ3) is 5.26. The molecule has 0 radical (unpaired) electrons. The van der Waals surface area contributed by atoms with Crippen LogP contribution in [0.4, 0.5) is 0 Å². The van der Waals surface area contributed by atoms with E-state index >= 15 is 0 Å². The summed E-state index contributed by atoms with van der Waals surface area (Å²) in [5, 5.41) is 4.07. The summed E-state index contributed by atoms with van der Waals surface area (Å²) in [5.74, 6) is 2.27. The number of benzene rings is 2. The maximum absolute atomic E-state index is 12.8. The summed E-state index contributed by atoms with van der Waals surface area (Å²) in [5.41, 5.74) is 1.82. The van der Waals surface area contributed by atoms with E-state index in [1.165, 1.54) is 0 Å². The minimum absolute atomic E-state index is 0.0332. The molecule has 8 heteroatoms. The molecule has 2 heterocycles. The van der Waals surface area contributed by atoms with E-state index in [9.17, 15) is 4.79 Å². The van der Waals surface area contributed by atoms with E-state index in [4.69, 9.17) is 18.7 Å². The number of hydrogen-bond acceptors (Lipinski definition) is 7. The van der Waals surface area contributed by atoms with E-state index in [-0.39, 0.29) is 25.3 Å².